The van der Waals surface area contributed by atoms with Crippen LogP contribution in [0, 0.1) is 0 Å². The van der Waals surface area contributed by atoms with E-state index in [2.05, 4.69) is 10.3 Å². The van der Waals surface area contributed by atoms with Gasteiger partial charge >= 0.3 is 11.8 Å². The number of pyridine rings is 1. The van der Waals surface area contributed by atoms with Crippen LogP contribution in [0.4, 0.5) is 0 Å². The molecule has 3 heterocycles. The van der Waals surface area contributed by atoms with Crippen LogP contribution >= 0.6 is 0 Å². The number of likely N-dealkylation sites (tertiary alicyclic amines) is 1. The van der Waals surface area contributed by atoms with Crippen molar-refractivity contribution < 1.29 is 9.59 Å². The van der Waals surface area contributed by atoms with Gasteiger partial charge in [-0.05, 0) is 57.4 Å². The molecule has 1 aliphatic heterocycles. The zero-order valence-electron chi connectivity index (χ0n) is 17.9. The zero-order chi connectivity index (χ0) is 21.8. The van der Waals surface area contributed by atoms with Gasteiger partial charge in [-0.15, -0.1) is 0 Å². The first-order valence-corrected chi connectivity index (χ1v) is 10.7. The van der Waals surface area contributed by atoms with Crippen LogP contribution in [0.5, 0.6) is 0 Å². The predicted molar refractivity (Wildman–Crippen MR) is 118 cm³/mol. The predicted octanol–water partition coefficient (Wildman–Crippen LogP) is 3.34. The molecule has 7 heteroatoms. The summed E-state index contributed by atoms with van der Waals surface area (Å²) in [6, 6.07) is 13.7. The highest BCUT2D eigenvalue weighted by Gasteiger charge is 2.32. The van der Waals surface area contributed by atoms with Gasteiger partial charge in [0.1, 0.15) is 0 Å². The van der Waals surface area contributed by atoms with Crippen LogP contribution in [-0.2, 0) is 16.1 Å². The van der Waals surface area contributed by atoms with Crippen LogP contribution in [0.2, 0.25) is 0 Å². The molecule has 0 bridgehead atoms. The van der Waals surface area contributed by atoms with Gasteiger partial charge in [-0.3, -0.25) is 14.6 Å². The molecular weight excluding hydrogens is 390 g/mol. The maximum Gasteiger partial charge on any atom is 0.312 e. The smallest absolute Gasteiger partial charge is 0.312 e. The third kappa shape index (κ3) is 4.50. The van der Waals surface area contributed by atoms with E-state index in [4.69, 9.17) is 5.10 Å². The monoisotopic (exact) mass is 417 g/mol. The molecule has 7 nitrogen and oxygen atoms in total. The van der Waals surface area contributed by atoms with Crippen LogP contribution in [0.15, 0.2) is 61.1 Å². The van der Waals surface area contributed by atoms with Crippen molar-refractivity contribution in [2.45, 2.75) is 51.7 Å². The first-order valence-electron chi connectivity index (χ1n) is 10.7. The summed E-state index contributed by atoms with van der Waals surface area (Å²) in [7, 11) is 0. The number of aromatic nitrogens is 3. The van der Waals surface area contributed by atoms with Crippen LogP contribution < -0.4 is 5.32 Å². The number of nitrogens with one attached hydrogen (secondary N) is 1. The highest BCUT2D eigenvalue weighted by Crippen LogP contribution is 2.24. The van der Waals surface area contributed by atoms with Gasteiger partial charge in [-0.1, -0.05) is 18.2 Å². The molecule has 2 atom stereocenters. The third-order valence-electron chi connectivity index (χ3n) is 5.83. The summed E-state index contributed by atoms with van der Waals surface area (Å²) >= 11 is 0. The van der Waals surface area contributed by atoms with E-state index in [0.29, 0.717) is 0 Å². The molecule has 3 aromatic rings. The lowest BCUT2D eigenvalue weighted by Gasteiger charge is -2.38. The maximum absolute atomic E-state index is 12.8. The molecule has 0 saturated carbocycles. The number of piperidine rings is 1. The second kappa shape index (κ2) is 9.12. The van der Waals surface area contributed by atoms with Crippen molar-refractivity contribution in [1.29, 1.82) is 0 Å². The summed E-state index contributed by atoms with van der Waals surface area (Å²) in [5, 5.41) is 7.54. The van der Waals surface area contributed by atoms with Crippen molar-refractivity contribution in [3.8, 4) is 16.9 Å². The molecule has 2 aromatic heterocycles. The van der Waals surface area contributed by atoms with E-state index in [1.165, 1.54) is 0 Å². The molecule has 1 aliphatic rings. The fraction of sp³-hybridized carbons (Fsp3) is 0.333. The van der Waals surface area contributed by atoms with Crippen LogP contribution in [-0.4, -0.2) is 43.6 Å². The van der Waals surface area contributed by atoms with Crippen LogP contribution in [0.3, 0.4) is 0 Å². The molecule has 1 aromatic carbocycles. The fourth-order valence-electron chi connectivity index (χ4n) is 4.19. The standard InChI is InChI=1S/C24H27N5O2/c1-17-7-6-8-18(2)29(17)24(31)23(30)26-15-20-16-28(21-9-4-3-5-10-21)27-22(20)19-11-13-25-14-12-19/h3-5,9-14,16-18H,6-8,15H2,1-2H3,(H,26,30). The average molecular weight is 418 g/mol. The topological polar surface area (TPSA) is 80.1 Å². The highest BCUT2D eigenvalue weighted by molar-refractivity contribution is 6.35. The number of carbonyl (C=O) groups is 2. The Labute approximate surface area is 182 Å². The Kier molecular flexibility index (Phi) is 6.11. The lowest BCUT2D eigenvalue weighted by Crippen LogP contribution is -2.52. The van der Waals surface area contributed by atoms with Crippen molar-refractivity contribution in [3.63, 3.8) is 0 Å². The molecular formula is C24H27N5O2. The Hall–Kier alpha value is -3.48. The minimum absolute atomic E-state index is 0.0789. The SMILES string of the molecule is CC1CCCC(C)N1C(=O)C(=O)NCc1cn(-c2ccccc2)nc1-c1ccncc1. The van der Waals surface area contributed by atoms with Gasteiger partial charge in [0.25, 0.3) is 0 Å². The number of hydrogen-bond donors (Lipinski definition) is 1. The van der Waals surface area contributed by atoms with E-state index in [1.54, 1.807) is 22.0 Å². The summed E-state index contributed by atoms with van der Waals surface area (Å²) in [5.74, 6) is -1.03. The molecule has 1 fully saturated rings. The van der Waals surface area contributed by atoms with Crippen molar-refractivity contribution in [1.82, 2.24) is 25.0 Å². The van der Waals surface area contributed by atoms with Crippen molar-refractivity contribution >= 4 is 11.8 Å². The first kappa shape index (κ1) is 20.8. The number of rotatable bonds is 4. The van der Waals surface area contributed by atoms with E-state index in [1.807, 2.05) is 62.5 Å². The Morgan fingerprint density at radius 3 is 2.39 bits per heavy atom. The number of nitrogens with zero attached hydrogens (tertiary/aromatic N) is 4. The van der Waals surface area contributed by atoms with Crippen molar-refractivity contribution in [2.24, 2.45) is 0 Å². The van der Waals surface area contributed by atoms with Gasteiger partial charge in [0, 0.05) is 48.3 Å². The lowest BCUT2D eigenvalue weighted by molar-refractivity contribution is -0.150. The second-order valence-corrected chi connectivity index (χ2v) is 8.04. The number of carbonyl (C=O) groups excluding carboxylic acids is 2. The van der Waals surface area contributed by atoms with E-state index in [9.17, 15) is 9.59 Å². The van der Waals surface area contributed by atoms with Crippen LogP contribution in [0.25, 0.3) is 16.9 Å². The van der Waals surface area contributed by atoms with E-state index in [0.717, 1.165) is 41.8 Å². The Morgan fingerprint density at radius 2 is 1.71 bits per heavy atom. The number of amides is 2. The minimum Gasteiger partial charge on any atom is -0.344 e. The third-order valence-corrected chi connectivity index (χ3v) is 5.83. The summed E-state index contributed by atoms with van der Waals surface area (Å²) in [6.07, 6.45) is 8.26. The summed E-state index contributed by atoms with van der Waals surface area (Å²) in [4.78, 5) is 31.3. The summed E-state index contributed by atoms with van der Waals surface area (Å²) in [5.41, 5.74) is 3.40. The van der Waals surface area contributed by atoms with Gasteiger partial charge in [0.2, 0.25) is 0 Å². The molecule has 0 spiro atoms. The molecule has 4 rings (SSSR count). The van der Waals surface area contributed by atoms with Gasteiger partial charge in [0.05, 0.1) is 11.4 Å². The van der Waals surface area contributed by atoms with Crippen LogP contribution in [0.1, 0.15) is 38.7 Å². The van der Waals surface area contributed by atoms with Gasteiger partial charge in [0.15, 0.2) is 0 Å². The Bertz CT molecular complexity index is 1040. The highest BCUT2D eigenvalue weighted by atomic mass is 16.2. The summed E-state index contributed by atoms with van der Waals surface area (Å²) in [6.45, 7) is 4.23. The molecule has 2 amide bonds. The molecule has 2 unspecified atom stereocenters. The van der Waals surface area contributed by atoms with E-state index < -0.39 is 11.8 Å². The van der Waals surface area contributed by atoms with E-state index in [-0.39, 0.29) is 18.6 Å². The molecule has 160 valence electrons. The molecule has 1 saturated heterocycles. The lowest BCUT2D eigenvalue weighted by atomic mass is 9.97. The Morgan fingerprint density at radius 1 is 1.03 bits per heavy atom. The number of hydrogen-bond acceptors (Lipinski definition) is 4. The molecule has 31 heavy (non-hydrogen) atoms. The fourth-order valence-corrected chi connectivity index (χ4v) is 4.19. The molecule has 0 aliphatic carbocycles. The van der Waals surface area contributed by atoms with Crippen molar-refractivity contribution in [2.75, 3.05) is 0 Å². The summed E-state index contributed by atoms with van der Waals surface area (Å²) < 4.78 is 1.79. The van der Waals surface area contributed by atoms with Gasteiger partial charge in [-0.25, -0.2) is 4.68 Å². The molecule has 1 N–H and O–H groups in total. The maximum atomic E-state index is 12.8. The van der Waals surface area contributed by atoms with Gasteiger partial charge in [-0.2, -0.15) is 5.10 Å². The second-order valence-electron chi connectivity index (χ2n) is 8.04. The van der Waals surface area contributed by atoms with E-state index >= 15 is 0 Å². The Balaban J connectivity index is 1.55. The van der Waals surface area contributed by atoms with Crippen molar-refractivity contribution in [3.05, 3.63) is 66.6 Å². The average Bonchev–Trinajstić information content (AvgIpc) is 3.23. The minimum atomic E-state index is -0.575. The largest absolute Gasteiger partial charge is 0.344 e. The zero-order valence-corrected chi connectivity index (χ0v) is 17.9. The normalized spacial score (nSPS) is 18.6. The number of benzene rings is 1. The quantitative estimate of drug-likeness (QED) is 0.661. The van der Waals surface area contributed by atoms with Gasteiger partial charge < -0.3 is 10.2 Å². The number of para-hydroxylation sites is 1. The first-order chi connectivity index (χ1) is 15.0. The molecule has 0 radical (unpaired) electrons.